The van der Waals surface area contributed by atoms with Crippen molar-refractivity contribution >= 4 is 32.6 Å². The van der Waals surface area contributed by atoms with Crippen LogP contribution in [0.2, 0.25) is 0 Å². The van der Waals surface area contributed by atoms with Gasteiger partial charge in [-0.2, -0.15) is 0 Å². The molecule has 1 amide bonds. The summed E-state index contributed by atoms with van der Waals surface area (Å²) < 4.78 is 6.40. The Morgan fingerprint density at radius 1 is 1.58 bits per heavy atom. The number of fused-ring (bicyclic) bond motifs is 1. The average Bonchev–Trinajstić information content (AvgIpc) is 2.76. The number of nitrogens with zero attached hydrogens (tertiary/aromatic N) is 2. The van der Waals surface area contributed by atoms with E-state index >= 15 is 0 Å². The number of nitrogens with two attached hydrogens (primary N) is 1. The summed E-state index contributed by atoms with van der Waals surface area (Å²) in [7, 11) is 0. The molecule has 6 heteroatoms. The van der Waals surface area contributed by atoms with E-state index in [9.17, 15) is 4.79 Å². The molecule has 19 heavy (non-hydrogen) atoms. The molecule has 1 aromatic heterocycles. The van der Waals surface area contributed by atoms with Crippen LogP contribution in [0.4, 0.5) is 5.13 Å². The molecule has 2 N–H and O–H groups in total. The fourth-order valence-corrected chi connectivity index (χ4v) is 3.03. The Kier molecular flexibility index (Phi) is 3.12. The highest BCUT2D eigenvalue weighted by Crippen LogP contribution is 2.25. The van der Waals surface area contributed by atoms with Crippen LogP contribution in [-0.4, -0.2) is 41.6 Å². The van der Waals surface area contributed by atoms with E-state index in [1.807, 2.05) is 30.0 Å². The number of morpholine rings is 1. The van der Waals surface area contributed by atoms with Gasteiger partial charge in [-0.05, 0) is 25.1 Å². The molecule has 0 saturated carbocycles. The van der Waals surface area contributed by atoms with Crippen molar-refractivity contribution in [2.24, 2.45) is 0 Å². The summed E-state index contributed by atoms with van der Waals surface area (Å²) in [5, 5.41) is 0.527. The highest BCUT2D eigenvalue weighted by Gasteiger charge is 2.22. The van der Waals surface area contributed by atoms with Crippen molar-refractivity contribution in [1.82, 2.24) is 9.88 Å². The van der Waals surface area contributed by atoms with Gasteiger partial charge in [-0.15, -0.1) is 0 Å². The van der Waals surface area contributed by atoms with E-state index in [2.05, 4.69) is 4.98 Å². The molecule has 1 aliphatic rings. The molecule has 5 nitrogen and oxygen atoms in total. The number of rotatable bonds is 1. The first-order valence-electron chi connectivity index (χ1n) is 6.20. The molecule has 2 aromatic rings. The minimum Gasteiger partial charge on any atom is -0.375 e. The Morgan fingerprint density at radius 2 is 2.42 bits per heavy atom. The molecule has 0 aliphatic carbocycles. The predicted molar refractivity (Wildman–Crippen MR) is 75.3 cm³/mol. The van der Waals surface area contributed by atoms with E-state index in [1.54, 1.807) is 0 Å². The highest BCUT2D eigenvalue weighted by atomic mass is 32.1. The lowest BCUT2D eigenvalue weighted by molar-refractivity contribution is -0.0124. The standard InChI is InChI=1S/C13H15N3O2S/c1-8-7-16(4-5-18-8)12(17)9-2-3-10-11(6-9)19-13(14)15-10/h2-3,6,8H,4-5,7H2,1H3,(H2,14,15). The summed E-state index contributed by atoms with van der Waals surface area (Å²) in [5.74, 6) is 0.0454. The minimum atomic E-state index is 0.0454. The van der Waals surface area contributed by atoms with Gasteiger partial charge in [0.1, 0.15) is 0 Å². The van der Waals surface area contributed by atoms with Gasteiger partial charge in [-0.1, -0.05) is 11.3 Å². The summed E-state index contributed by atoms with van der Waals surface area (Å²) in [6.07, 6.45) is 0.0977. The van der Waals surface area contributed by atoms with Crippen molar-refractivity contribution < 1.29 is 9.53 Å². The maximum absolute atomic E-state index is 12.4. The molecular formula is C13H15N3O2S. The fourth-order valence-electron chi connectivity index (χ4n) is 2.26. The highest BCUT2D eigenvalue weighted by molar-refractivity contribution is 7.22. The maximum Gasteiger partial charge on any atom is 0.254 e. The van der Waals surface area contributed by atoms with Crippen molar-refractivity contribution in [1.29, 1.82) is 0 Å². The summed E-state index contributed by atoms with van der Waals surface area (Å²) >= 11 is 1.40. The predicted octanol–water partition coefficient (Wildman–Crippen LogP) is 1.74. The van der Waals surface area contributed by atoms with Crippen LogP contribution in [0.3, 0.4) is 0 Å². The van der Waals surface area contributed by atoms with Crippen LogP contribution in [0.5, 0.6) is 0 Å². The first-order chi connectivity index (χ1) is 9.13. The lowest BCUT2D eigenvalue weighted by atomic mass is 10.1. The number of ether oxygens (including phenoxy) is 1. The van der Waals surface area contributed by atoms with Crippen molar-refractivity contribution in [3.63, 3.8) is 0 Å². The third-order valence-electron chi connectivity index (χ3n) is 3.18. The van der Waals surface area contributed by atoms with E-state index in [0.29, 0.717) is 30.4 Å². The van der Waals surface area contributed by atoms with E-state index < -0.39 is 0 Å². The Morgan fingerprint density at radius 3 is 3.21 bits per heavy atom. The molecule has 1 aliphatic heterocycles. The molecule has 1 aromatic carbocycles. The van der Waals surface area contributed by atoms with Crippen LogP contribution >= 0.6 is 11.3 Å². The number of anilines is 1. The smallest absolute Gasteiger partial charge is 0.254 e. The van der Waals surface area contributed by atoms with Gasteiger partial charge >= 0.3 is 0 Å². The van der Waals surface area contributed by atoms with Gasteiger partial charge < -0.3 is 15.4 Å². The molecule has 100 valence electrons. The second-order valence-corrected chi connectivity index (χ2v) is 5.73. The van der Waals surface area contributed by atoms with Gasteiger partial charge in [-0.25, -0.2) is 4.98 Å². The van der Waals surface area contributed by atoms with Crippen molar-refractivity contribution in [3.8, 4) is 0 Å². The van der Waals surface area contributed by atoms with Gasteiger partial charge in [0, 0.05) is 18.7 Å². The minimum absolute atomic E-state index is 0.0454. The molecule has 0 spiro atoms. The average molecular weight is 277 g/mol. The third-order valence-corrected chi connectivity index (χ3v) is 4.03. The SMILES string of the molecule is CC1CN(C(=O)c2ccc3nc(N)sc3c2)CCO1. The Labute approximate surface area is 115 Å². The van der Waals surface area contributed by atoms with E-state index in [0.717, 1.165) is 10.2 Å². The number of nitrogen functional groups attached to an aromatic ring is 1. The monoisotopic (exact) mass is 277 g/mol. The third kappa shape index (κ3) is 2.41. The largest absolute Gasteiger partial charge is 0.375 e. The summed E-state index contributed by atoms with van der Waals surface area (Å²) in [4.78, 5) is 18.4. The number of amides is 1. The maximum atomic E-state index is 12.4. The van der Waals surface area contributed by atoms with Gasteiger partial charge in [0.2, 0.25) is 0 Å². The second kappa shape index (κ2) is 4.79. The molecule has 1 atom stereocenters. The molecule has 3 rings (SSSR count). The first kappa shape index (κ1) is 12.4. The van der Waals surface area contributed by atoms with Crippen molar-refractivity contribution in [2.75, 3.05) is 25.4 Å². The normalized spacial score (nSPS) is 19.8. The second-order valence-electron chi connectivity index (χ2n) is 4.67. The zero-order valence-electron chi connectivity index (χ0n) is 10.6. The molecule has 0 radical (unpaired) electrons. The first-order valence-corrected chi connectivity index (χ1v) is 7.02. The van der Waals surface area contributed by atoms with Gasteiger partial charge in [0.25, 0.3) is 5.91 Å². The van der Waals surface area contributed by atoms with E-state index in [4.69, 9.17) is 10.5 Å². The van der Waals surface area contributed by atoms with Crippen LogP contribution in [0.1, 0.15) is 17.3 Å². The number of carbonyl (C=O) groups is 1. The summed E-state index contributed by atoms with van der Waals surface area (Å²) in [5.41, 5.74) is 7.20. The Hall–Kier alpha value is -1.66. The quantitative estimate of drug-likeness (QED) is 0.862. The van der Waals surface area contributed by atoms with Crippen LogP contribution < -0.4 is 5.73 Å². The van der Waals surface area contributed by atoms with Crippen molar-refractivity contribution in [2.45, 2.75) is 13.0 Å². The zero-order chi connectivity index (χ0) is 13.4. The van der Waals surface area contributed by atoms with Crippen molar-refractivity contribution in [3.05, 3.63) is 23.8 Å². The topological polar surface area (TPSA) is 68.5 Å². The lowest BCUT2D eigenvalue weighted by Gasteiger charge is -2.31. The molecule has 0 bridgehead atoms. The Bertz CT molecular complexity index is 625. The number of aromatic nitrogens is 1. The van der Waals surface area contributed by atoms with Gasteiger partial charge in [0.05, 0.1) is 22.9 Å². The van der Waals surface area contributed by atoms with Gasteiger partial charge in [0.15, 0.2) is 5.13 Å². The molecule has 1 saturated heterocycles. The number of hydrogen-bond donors (Lipinski definition) is 1. The number of hydrogen-bond acceptors (Lipinski definition) is 5. The molecule has 1 unspecified atom stereocenters. The summed E-state index contributed by atoms with van der Waals surface area (Å²) in [6.45, 7) is 3.86. The van der Waals surface area contributed by atoms with Crippen LogP contribution in [0, 0.1) is 0 Å². The van der Waals surface area contributed by atoms with Crippen LogP contribution in [0.15, 0.2) is 18.2 Å². The van der Waals surface area contributed by atoms with E-state index in [-0.39, 0.29) is 12.0 Å². The van der Waals surface area contributed by atoms with Crippen LogP contribution in [0.25, 0.3) is 10.2 Å². The molecule has 2 heterocycles. The summed E-state index contributed by atoms with van der Waals surface area (Å²) in [6, 6.07) is 5.52. The fraction of sp³-hybridized carbons (Fsp3) is 0.385. The van der Waals surface area contributed by atoms with Crippen LogP contribution in [-0.2, 0) is 4.74 Å². The zero-order valence-corrected chi connectivity index (χ0v) is 11.4. The number of carbonyl (C=O) groups excluding carboxylic acids is 1. The lowest BCUT2D eigenvalue weighted by Crippen LogP contribution is -2.44. The number of benzene rings is 1. The molecule has 1 fully saturated rings. The number of thiazole rings is 1. The van der Waals surface area contributed by atoms with Gasteiger partial charge in [-0.3, -0.25) is 4.79 Å². The Balaban J connectivity index is 1.88. The molecular weight excluding hydrogens is 262 g/mol. The van der Waals surface area contributed by atoms with E-state index in [1.165, 1.54) is 11.3 Å².